The summed E-state index contributed by atoms with van der Waals surface area (Å²) >= 11 is 12.0. The zero-order valence-electron chi connectivity index (χ0n) is 14.5. The predicted octanol–water partition coefficient (Wildman–Crippen LogP) is 4.09. The molecule has 0 aromatic heterocycles. The van der Waals surface area contributed by atoms with Crippen LogP contribution in [0.2, 0.25) is 0 Å². The van der Waals surface area contributed by atoms with Crippen LogP contribution in [0.3, 0.4) is 0 Å². The number of hydrogen-bond acceptors (Lipinski definition) is 6. The molecule has 1 heterocycles. The molecule has 8 heteroatoms. The number of carbonyl (C=O) groups is 2. The van der Waals surface area contributed by atoms with Crippen LogP contribution in [0.5, 0.6) is 0 Å². The van der Waals surface area contributed by atoms with E-state index in [4.69, 9.17) is 27.9 Å². The molecule has 140 valence electrons. The van der Waals surface area contributed by atoms with Crippen molar-refractivity contribution < 1.29 is 14.3 Å². The van der Waals surface area contributed by atoms with Crippen LogP contribution in [0, 0.1) is 0 Å². The second kappa shape index (κ2) is 9.85. The normalized spacial score (nSPS) is 15.7. The first-order chi connectivity index (χ1) is 12.9. The van der Waals surface area contributed by atoms with Gasteiger partial charge in [-0.25, -0.2) is 9.79 Å². The highest BCUT2D eigenvalue weighted by molar-refractivity contribution is 6.66. The van der Waals surface area contributed by atoms with Crippen molar-refractivity contribution in [2.24, 2.45) is 9.98 Å². The van der Waals surface area contributed by atoms with Crippen LogP contribution in [0.25, 0.3) is 0 Å². The molecule has 0 bridgehead atoms. The molecule has 2 rings (SSSR count). The molecule has 0 aliphatic carbocycles. The highest BCUT2D eigenvalue weighted by atomic mass is 35.5. The molecule has 1 aliphatic rings. The lowest BCUT2D eigenvalue weighted by molar-refractivity contribution is -0.137. The number of Topliss-reactive ketones (excluding diaryl/α,β-unsaturated/α-hetero) is 1. The molecule has 0 fully saturated rings. The van der Waals surface area contributed by atoms with Crippen molar-refractivity contribution in [1.82, 2.24) is 0 Å². The Labute approximate surface area is 166 Å². The zero-order valence-corrected chi connectivity index (χ0v) is 16.0. The van der Waals surface area contributed by atoms with E-state index in [-0.39, 0.29) is 17.5 Å². The van der Waals surface area contributed by atoms with Crippen LogP contribution in [-0.2, 0) is 9.53 Å². The van der Waals surface area contributed by atoms with Gasteiger partial charge in [0.25, 0.3) is 5.78 Å². The number of anilines is 1. The first-order valence-electron chi connectivity index (χ1n) is 8.01. The average Bonchev–Trinajstić information content (AvgIpc) is 2.64. The van der Waals surface area contributed by atoms with Gasteiger partial charge < -0.3 is 10.1 Å². The maximum Gasteiger partial charge on any atom is 0.379 e. The smallest absolute Gasteiger partial charge is 0.379 e. The van der Waals surface area contributed by atoms with Crippen molar-refractivity contribution in [3.63, 3.8) is 0 Å². The minimum absolute atomic E-state index is 0.118. The number of aliphatic imine (C=N–C) groups is 2. The number of amidine groups is 2. The second-order valence-corrected chi connectivity index (χ2v) is 6.03. The van der Waals surface area contributed by atoms with Crippen LogP contribution < -0.4 is 5.32 Å². The first-order valence-corrected chi connectivity index (χ1v) is 8.76. The van der Waals surface area contributed by atoms with Gasteiger partial charge in [-0.1, -0.05) is 24.3 Å². The van der Waals surface area contributed by atoms with Gasteiger partial charge in [-0.2, -0.15) is 0 Å². The average molecular weight is 406 g/mol. The number of benzene rings is 1. The molecule has 1 aliphatic heterocycles. The molecular formula is C19H17Cl2N3O3. The van der Waals surface area contributed by atoms with Gasteiger partial charge in [-0.05, 0) is 54.9 Å². The third kappa shape index (κ3) is 5.91. The first kappa shape index (κ1) is 20.6. The lowest BCUT2D eigenvalue weighted by Gasteiger charge is -2.15. The fourth-order valence-corrected chi connectivity index (χ4v) is 2.50. The molecule has 0 unspecified atom stereocenters. The van der Waals surface area contributed by atoms with Crippen molar-refractivity contribution in [3.8, 4) is 0 Å². The van der Waals surface area contributed by atoms with Gasteiger partial charge >= 0.3 is 5.97 Å². The van der Waals surface area contributed by atoms with E-state index in [0.717, 1.165) is 5.57 Å². The molecule has 6 nitrogen and oxygen atoms in total. The number of carbonyl (C=O) groups excluding carboxylic acids is 2. The zero-order chi connectivity index (χ0) is 19.8. The second-order valence-electron chi connectivity index (χ2n) is 5.25. The number of nitrogens with zero attached hydrogens (tertiary/aromatic N) is 2. The third-order valence-corrected chi connectivity index (χ3v) is 3.79. The molecule has 0 amide bonds. The van der Waals surface area contributed by atoms with E-state index in [9.17, 15) is 9.59 Å². The Hall–Kier alpha value is -2.70. The maximum absolute atomic E-state index is 11.9. The maximum atomic E-state index is 11.9. The van der Waals surface area contributed by atoms with Crippen molar-refractivity contribution in [3.05, 3.63) is 65.2 Å². The van der Waals surface area contributed by atoms with E-state index in [1.165, 1.54) is 12.1 Å². The Morgan fingerprint density at radius 1 is 1.33 bits per heavy atom. The largest absolute Gasteiger partial charge is 0.460 e. The lowest BCUT2D eigenvalue weighted by atomic mass is 10.1. The molecule has 1 aromatic carbocycles. The summed E-state index contributed by atoms with van der Waals surface area (Å²) in [6.45, 7) is 5.69. The van der Waals surface area contributed by atoms with Crippen molar-refractivity contribution in [1.29, 1.82) is 0 Å². The van der Waals surface area contributed by atoms with E-state index in [1.54, 1.807) is 37.3 Å². The van der Waals surface area contributed by atoms with Gasteiger partial charge in [0.2, 0.25) is 5.29 Å². The van der Waals surface area contributed by atoms with Crippen LogP contribution in [0.1, 0.15) is 17.3 Å². The fourth-order valence-electron chi connectivity index (χ4n) is 2.13. The number of allylic oxidation sites excluding steroid dienone is 4. The quantitative estimate of drug-likeness (QED) is 0.254. The summed E-state index contributed by atoms with van der Waals surface area (Å²) in [4.78, 5) is 31.7. The molecule has 0 atom stereocenters. The minimum atomic E-state index is -0.883. The van der Waals surface area contributed by atoms with E-state index < -0.39 is 11.8 Å². The summed E-state index contributed by atoms with van der Waals surface area (Å²) in [7, 11) is 0. The lowest BCUT2D eigenvalue weighted by Crippen LogP contribution is -2.21. The Kier molecular flexibility index (Phi) is 7.52. The molecule has 1 aromatic rings. The number of esters is 1. The van der Waals surface area contributed by atoms with Gasteiger partial charge in [0.1, 0.15) is 5.84 Å². The summed E-state index contributed by atoms with van der Waals surface area (Å²) < 4.78 is 4.71. The fraction of sp³-hybridized carbons (Fsp3) is 0.158. The van der Waals surface area contributed by atoms with Crippen molar-refractivity contribution in [2.45, 2.75) is 6.92 Å². The van der Waals surface area contributed by atoms with Crippen LogP contribution >= 0.6 is 23.2 Å². The monoisotopic (exact) mass is 405 g/mol. The molecule has 0 saturated heterocycles. The van der Waals surface area contributed by atoms with Gasteiger partial charge in [0, 0.05) is 21.9 Å². The number of rotatable bonds is 6. The number of ether oxygens (including phenoxy) is 1. The standard InChI is InChI=1S/C19H17Cl2N3O3/c1-3-5-14(20)10-13-11-22-19(21)24-17(13)23-15-8-6-12(7-9-15)16(25)18(26)27-4-2/h3,5-10H,1,4,11H2,2H3,(H,22,23,24)/b13-10+,14-5+. The third-order valence-electron chi connectivity index (χ3n) is 3.35. The summed E-state index contributed by atoms with van der Waals surface area (Å²) in [6, 6.07) is 6.34. The highest BCUT2D eigenvalue weighted by Crippen LogP contribution is 2.18. The molecule has 0 radical (unpaired) electrons. The van der Waals surface area contributed by atoms with Gasteiger partial charge in [0.05, 0.1) is 13.2 Å². The Bertz CT molecular complexity index is 869. The van der Waals surface area contributed by atoms with Gasteiger partial charge in [0.15, 0.2) is 0 Å². The van der Waals surface area contributed by atoms with E-state index in [1.807, 2.05) is 0 Å². The minimum Gasteiger partial charge on any atom is -0.460 e. The van der Waals surface area contributed by atoms with Crippen LogP contribution in [-0.4, -0.2) is 36.0 Å². The van der Waals surface area contributed by atoms with E-state index >= 15 is 0 Å². The Morgan fingerprint density at radius 3 is 2.67 bits per heavy atom. The predicted molar refractivity (Wildman–Crippen MR) is 109 cm³/mol. The number of hydrogen-bond donors (Lipinski definition) is 1. The molecular weight excluding hydrogens is 389 g/mol. The molecule has 0 spiro atoms. The topological polar surface area (TPSA) is 80.1 Å². The van der Waals surface area contributed by atoms with Gasteiger partial charge in [-0.15, -0.1) is 0 Å². The number of halogens is 2. The Balaban J connectivity index is 2.20. The molecule has 27 heavy (non-hydrogen) atoms. The van der Waals surface area contributed by atoms with Crippen molar-refractivity contribution >= 4 is 51.8 Å². The summed E-state index contributed by atoms with van der Waals surface area (Å²) in [5.41, 5.74) is 1.61. The van der Waals surface area contributed by atoms with E-state index in [2.05, 4.69) is 21.9 Å². The van der Waals surface area contributed by atoms with E-state index in [0.29, 0.717) is 23.1 Å². The highest BCUT2D eigenvalue weighted by Gasteiger charge is 2.18. The molecule has 0 saturated carbocycles. The van der Waals surface area contributed by atoms with Crippen molar-refractivity contribution in [2.75, 3.05) is 18.5 Å². The Morgan fingerprint density at radius 2 is 2.04 bits per heavy atom. The number of ketones is 1. The molecule has 1 N–H and O–H groups in total. The summed E-state index contributed by atoms with van der Waals surface area (Å²) in [5, 5.41) is 3.70. The summed E-state index contributed by atoms with van der Waals surface area (Å²) in [6.07, 6.45) is 4.92. The van der Waals surface area contributed by atoms with Gasteiger partial charge in [-0.3, -0.25) is 9.79 Å². The van der Waals surface area contributed by atoms with Crippen LogP contribution in [0.15, 0.2) is 69.7 Å². The number of nitrogens with one attached hydrogen (secondary N) is 1. The summed E-state index contributed by atoms with van der Waals surface area (Å²) in [5.74, 6) is -1.10. The SMILES string of the molecule is C=C/C=C(Cl)\C=C1/CN=C(Cl)N=C1Nc1ccc(C(=O)C(=O)OCC)cc1. The van der Waals surface area contributed by atoms with Crippen LogP contribution in [0.4, 0.5) is 5.69 Å².